The fourth-order valence-electron chi connectivity index (χ4n) is 1.78. The standard InChI is InChI=1S/C10H18N2O4/c1-3-16-9(15)7(2)12-10(4-8(13)14)5-11-6-10/h7,11-12H,3-6H2,1-2H3,(H,13,14). The number of carbonyl (C=O) groups is 2. The van der Waals surface area contributed by atoms with Crippen molar-refractivity contribution in [2.24, 2.45) is 0 Å². The van der Waals surface area contributed by atoms with Crippen molar-refractivity contribution < 1.29 is 19.4 Å². The average Bonchev–Trinajstić information content (AvgIpc) is 2.13. The highest BCUT2D eigenvalue weighted by Crippen LogP contribution is 2.17. The van der Waals surface area contributed by atoms with Gasteiger partial charge in [-0.1, -0.05) is 0 Å². The minimum absolute atomic E-state index is 0.00372. The number of carboxylic acids is 1. The van der Waals surface area contributed by atoms with Gasteiger partial charge in [0.2, 0.25) is 0 Å². The van der Waals surface area contributed by atoms with Crippen LogP contribution in [0.1, 0.15) is 20.3 Å². The van der Waals surface area contributed by atoms with Crippen LogP contribution in [-0.4, -0.2) is 48.3 Å². The van der Waals surface area contributed by atoms with Crippen molar-refractivity contribution in [2.45, 2.75) is 31.8 Å². The second-order valence-corrected chi connectivity index (χ2v) is 4.07. The minimum Gasteiger partial charge on any atom is -0.481 e. The molecule has 0 amide bonds. The van der Waals surface area contributed by atoms with Gasteiger partial charge in [0, 0.05) is 13.1 Å². The number of nitrogens with one attached hydrogen (secondary N) is 2. The highest BCUT2D eigenvalue weighted by molar-refractivity contribution is 5.76. The fourth-order valence-corrected chi connectivity index (χ4v) is 1.78. The molecular weight excluding hydrogens is 212 g/mol. The summed E-state index contributed by atoms with van der Waals surface area (Å²) in [5, 5.41) is 14.8. The third kappa shape index (κ3) is 3.18. The van der Waals surface area contributed by atoms with Gasteiger partial charge in [-0.05, 0) is 13.8 Å². The number of carbonyl (C=O) groups excluding carboxylic acids is 1. The molecule has 0 aromatic heterocycles. The van der Waals surface area contributed by atoms with Crippen LogP contribution in [0.2, 0.25) is 0 Å². The number of aliphatic carboxylic acids is 1. The molecule has 1 aliphatic rings. The van der Waals surface area contributed by atoms with Crippen LogP contribution in [0.3, 0.4) is 0 Å². The molecule has 6 nitrogen and oxygen atoms in total. The maximum Gasteiger partial charge on any atom is 0.322 e. The summed E-state index contributed by atoms with van der Waals surface area (Å²) in [5.74, 6) is -1.22. The van der Waals surface area contributed by atoms with Gasteiger partial charge in [-0.15, -0.1) is 0 Å². The van der Waals surface area contributed by atoms with E-state index in [2.05, 4.69) is 10.6 Å². The fraction of sp³-hybridized carbons (Fsp3) is 0.800. The Morgan fingerprint density at radius 1 is 1.56 bits per heavy atom. The summed E-state index contributed by atoms with van der Waals surface area (Å²) in [6.45, 7) is 4.86. The Labute approximate surface area is 94.3 Å². The Bertz CT molecular complexity index is 276. The molecule has 0 aliphatic carbocycles. The second kappa shape index (κ2) is 5.27. The highest BCUT2D eigenvalue weighted by atomic mass is 16.5. The van der Waals surface area contributed by atoms with Gasteiger partial charge in [0.1, 0.15) is 6.04 Å². The van der Waals surface area contributed by atoms with E-state index in [0.717, 1.165) is 0 Å². The van der Waals surface area contributed by atoms with Gasteiger partial charge in [0.15, 0.2) is 0 Å². The van der Waals surface area contributed by atoms with Crippen LogP contribution in [0, 0.1) is 0 Å². The number of hydrogen-bond donors (Lipinski definition) is 3. The molecule has 1 heterocycles. The minimum atomic E-state index is -0.870. The molecule has 6 heteroatoms. The molecule has 0 bridgehead atoms. The van der Waals surface area contributed by atoms with Crippen molar-refractivity contribution >= 4 is 11.9 Å². The molecule has 1 fully saturated rings. The summed E-state index contributed by atoms with van der Waals surface area (Å²) in [7, 11) is 0. The van der Waals surface area contributed by atoms with Crippen LogP contribution in [0.25, 0.3) is 0 Å². The highest BCUT2D eigenvalue weighted by Gasteiger charge is 2.41. The van der Waals surface area contributed by atoms with E-state index in [-0.39, 0.29) is 12.4 Å². The lowest BCUT2D eigenvalue weighted by Gasteiger charge is -2.43. The quantitative estimate of drug-likeness (QED) is 0.525. The predicted molar refractivity (Wildman–Crippen MR) is 57.1 cm³/mol. The van der Waals surface area contributed by atoms with Crippen molar-refractivity contribution in [1.82, 2.24) is 10.6 Å². The van der Waals surface area contributed by atoms with Crippen molar-refractivity contribution in [2.75, 3.05) is 19.7 Å². The Morgan fingerprint density at radius 2 is 2.19 bits per heavy atom. The molecule has 92 valence electrons. The first-order chi connectivity index (χ1) is 7.49. The summed E-state index contributed by atoms with van der Waals surface area (Å²) in [6.07, 6.45) is 0.00372. The Balaban J connectivity index is 2.49. The second-order valence-electron chi connectivity index (χ2n) is 4.07. The van der Waals surface area contributed by atoms with Gasteiger partial charge in [-0.3, -0.25) is 14.9 Å². The van der Waals surface area contributed by atoms with E-state index in [4.69, 9.17) is 9.84 Å². The molecule has 1 unspecified atom stereocenters. The molecule has 0 saturated carbocycles. The van der Waals surface area contributed by atoms with E-state index in [1.54, 1.807) is 13.8 Å². The van der Waals surface area contributed by atoms with Gasteiger partial charge < -0.3 is 15.2 Å². The molecule has 16 heavy (non-hydrogen) atoms. The van der Waals surface area contributed by atoms with E-state index < -0.39 is 17.6 Å². The van der Waals surface area contributed by atoms with Gasteiger partial charge in [0.05, 0.1) is 18.6 Å². The molecule has 1 aliphatic heterocycles. The number of ether oxygens (including phenoxy) is 1. The van der Waals surface area contributed by atoms with Crippen molar-refractivity contribution in [3.05, 3.63) is 0 Å². The van der Waals surface area contributed by atoms with Gasteiger partial charge in [-0.25, -0.2) is 0 Å². The summed E-state index contributed by atoms with van der Waals surface area (Å²) in [6, 6.07) is -0.485. The van der Waals surface area contributed by atoms with E-state index in [1.807, 2.05) is 0 Å². The maximum absolute atomic E-state index is 11.4. The Hall–Kier alpha value is -1.14. The maximum atomic E-state index is 11.4. The smallest absolute Gasteiger partial charge is 0.322 e. The van der Waals surface area contributed by atoms with Crippen molar-refractivity contribution in [3.63, 3.8) is 0 Å². The van der Waals surface area contributed by atoms with Crippen LogP contribution in [-0.2, 0) is 14.3 Å². The SMILES string of the molecule is CCOC(=O)C(C)NC1(CC(=O)O)CNC1. The van der Waals surface area contributed by atoms with Crippen LogP contribution >= 0.6 is 0 Å². The van der Waals surface area contributed by atoms with Gasteiger partial charge in [-0.2, -0.15) is 0 Å². The largest absolute Gasteiger partial charge is 0.481 e. The van der Waals surface area contributed by atoms with E-state index >= 15 is 0 Å². The zero-order valence-corrected chi connectivity index (χ0v) is 9.58. The van der Waals surface area contributed by atoms with Crippen LogP contribution in [0.5, 0.6) is 0 Å². The number of hydrogen-bond acceptors (Lipinski definition) is 5. The first-order valence-corrected chi connectivity index (χ1v) is 5.36. The first-order valence-electron chi connectivity index (χ1n) is 5.36. The lowest BCUT2D eigenvalue weighted by Crippen LogP contribution is -2.70. The van der Waals surface area contributed by atoms with Crippen LogP contribution in [0.4, 0.5) is 0 Å². The predicted octanol–water partition coefficient (Wildman–Crippen LogP) is -0.656. The van der Waals surface area contributed by atoms with Crippen LogP contribution < -0.4 is 10.6 Å². The lowest BCUT2D eigenvalue weighted by atomic mass is 9.87. The number of esters is 1. The van der Waals surface area contributed by atoms with Crippen molar-refractivity contribution in [3.8, 4) is 0 Å². The lowest BCUT2D eigenvalue weighted by molar-refractivity contribution is -0.147. The molecule has 3 N–H and O–H groups in total. The third-order valence-electron chi connectivity index (χ3n) is 2.58. The number of carboxylic acid groups (broad SMARTS) is 1. The average molecular weight is 230 g/mol. The Morgan fingerprint density at radius 3 is 2.56 bits per heavy atom. The van der Waals surface area contributed by atoms with Crippen LogP contribution in [0.15, 0.2) is 0 Å². The van der Waals surface area contributed by atoms with E-state index in [9.17, 15) is 9.59 Å². The molecule has 1 atom stereocenters. The summed E-state index contributed by atoms with van der Waals surface area (Å²) in [4.78, 5) is 22.1. The molecule has 0 spiro atoms. The molecule has 1 saturated heterocycles. The zero-order chi connectivity index (χ0) is 12.2. The molecule has 1 rings (SSSR count). The molecular formula is C10H18N2O4. The molecule has 0 radical (unpaired) electrons. The summed E-state index contributed by atoms with van der Waals surface area (Å²) < 4.78 is 4.85. The Kier molecular flexibility index (Phi) is 4.26. The molecule has 0 aromatic carbocycles. The summed E-state index contributed by atoms with van der Waals surface area (Å²) in [5.41, 5.74) is -0.516. The van der Waals surface area contributed by atoms with Gasteiger partial charge >= 0.3 is 11.9 Å². The third-order valence-corrected chi connectivity index (χ3v) is 2.58. The first kappa shape index (κ1) is 12.9. The van der Waals surface area contributed by atoms with Gasteiger partial charge in [0.25, 0.3) is 0 Å². The van der Waals surface area contributed by atoms with E-state index in [1.165, 1.54) is 0 Å². The topological polar surface area (TPSA) is 87.7 Å². The molecule has 0 aromatic rings. The normalized spacial score (nSPS) is 19.6. The van der Waals surface area contributed by atoms with Crippen molar-refractivity contribution in [1.29, 1.82) is 0 Å². The van der Waals surface area contributed by atoms with E-state index in [0.29, 0.717) is 19.7 Å². The summed E-state index contributed by atoms with van der Waals surface area (Å²) >= 11 is 0. The number of rotatable bonds is 6. The monoisotopic (exact) mass is 230 g/mol. The zero-order valence-electron chi connectivity index (χ0n) is 9.58.